The van der Waals surface area contributed by atoms with Crippen LogP contribution >= 0.6 is 15.9 Å². The molecule has 1 aliphatic rings. The first kappa shape index (κ1) is 22.5. The zero-order chi connectivity index (χ0) is 23.9. The van der Waals surface area contributed by atoms with Crippen molar-refractivity contribution in [2.45, 2.75) is 37.2 Å². The van der Waals surface area contributed by atoms with Crippen LogP contribution in [0.3, 0.4) is 0 Å². The van der Waals surface area contributed by atoms with Crippen LogP contribution in [0.1, 0.15) is 37.3 Å². The van der Waals surface area contributed by atoms with Crippen molar-refractivity contribution in [3.05, 3.63) is 65.0 Å². The van der Waals surface area contributed by atoms with Crippen LogP contribution in [0.15, 0.2) is 59.3 Å². The van der Waals surface area contributed by atoms with E-state index in [0.29, 0.717) is 41.6 Å². The third kappa shape index (κ3) is 3.74. The Morgan fingerprint density at radius 1 is 1.15 bits per heavy atom. The molecule has 174 valence electrons. The average Bonchev–Trinajstić information content (AvgIpc) is 3.31. The molecule has 34 heavy (non-hydrogen) atoms. The third-order valence-electron chi connectivity index (χ3n) is 6.75. The number of halogens is 1. The highest BCUT2D eigenvalue weighted by atomic mass is 79.9. The number of carbonyl (C=O) groups is 1. The van der Waals surface area contributed by atoms with E-state index in [4.69, 9.17) is 15.5 Å². The van der Waals surface area contributed by atoms with Gasteiger partial charge in [0.15, 0.2) is 11.2 Å². The van der Waals surface area contributed by atoms with Gasteiger partial charge in [0.25, 0.3) is 0 Å². The summed E-state index contributed by atoms with van der Waals surface area (Å²) in [6.07, 6.45) is 5.67. The second-order valence-electron chi connectivity index (χ2n) is 8.57. The number of carboxylic acid groups (broad SMARTS) is 1. The van der Waals surface area contributed by atoms with Gasteiger partial charge in [0.2, 0.25) is 0 Å². The number of methoxy groups -OCH3 is 1. The number of rotatable bonds is 5. The lowest BCUT2D eigenvalue weighted by Gasteiger charge is -2.35. The molecule has 0 unspecified atom stereocenters. The van der Waals surface area contributed by atoms with Crippen molar-refractivity contribution in [2.75, 3.05) is 12.8 Å². The highest BCUT2D eigenvalue weighted by Crippen LogP contribution is 2.43. The van der Waals surface area contributed by atoms with Crippen LogP contribution in [0.2, 0.25) is 0 Å². The van der Waals surface area contributed by atoms with Crippen molar-refractivity contribution < 1.29 is 14.6 Å². The molecule has 1 aliphatic carbocycles. The Balaban J connectivity index is 1.50. The molecule has 0 spiro atoms. The summed E-state index contributed by atoms with van der Waals surface area (Å²) in [5, 5.41) is 14.1. The second kappa shape index (κ2) is 8.81. The van der Waals surface area contributed by atoms with Gasteiger partial charge in [0.05, 0.1) is 22.1 Å². The van der Waals surface area contributed by atoms with Crippen molar-refractivity contribution in [3.8, 4) is 22.4 Å². The highest BCUT2D eigenvalue weighted by Gasteiger charge is 2.43. The molecule has 4 aromatic rings. The van der Waals surface area contributed by atoms with Crippen molar-refractivity contribution in [1.82, 2.24) is 19.6 Å². The van der Waals surface area contributed by atoms with Gasteiger partial charge in [0, 0.05) is 35.9 Å². The van der Waals surface area contributed by atoms with Crippen molar-refractivity contribution in [1.29, 1.82) is 0 Å². The van der Waals surface area contributed by atoms with Crippen molar-refractivity contribution in [2.24, 2.45) is 0 Å². The summed E-state index contributed by atoms with van der Waals surface area (Å²) in [5.41, 5.74) is 10.4. The number of aromatic nitrogens is 4. The maximum atomic E-state index is 11.7. The Bertz CT molecular complexity index is 1350. The van der Waals surface area contributed by atoms with E-state index in [2.05, 4.69) is 26.0 Å². The Morgan fingerprint density at radius 3 is 2.50 bits per heavy atom. The number of carboxylic acids is 1. The van der Waals surface area contributed by atoms with Crippen LogP contribution in [0.25, 0.3) is 28.0 Å². The van der Waals surface area contributed by atoms with Gasteiger partial charge in [-0.1, -0.05) is 36.4 Å². The molecule has 1 saturated carbocycles. The lowest BCUT2D eigenvalue weighted by molar-refractivity contribution is -0.166. The van der Waals surface area contributed by atoms with Gasteiger partial charge in [-0.2, -0.15) is 9.61 Å². The molecule has 3 heterocycles. The fourth-order valence-corrected chi connectivity index (χ4v) is 5.26. The van der Waals surface area contributed by atoms with Crippen LogP contribution in [0, 0.1) is 0 Å². The number of hydrogen-bond acceptors (Lipinski definition) is 6. The molecule has 5 rings (SSSR count). The van der Waals surface area contributed by atoms with E-state index in [0.717, 1.165) is 28.1 Å². The van der Waals surface area contributed by atoms with Gasteiger partial charge in [-0.15, -0.1) is 0 Å². The minimum absolute atomic E-state index is 0.0608. The van der Waals surface area contributed by atoms with Gasteiger partial charge in [0.1, 0.15) is 5.82 Å². The van der Waals surface area contributed by atoms with Gasteiger partial charge in [-0.25, -0.2) is 9.78 Å². The number of nitrogens with two attached hydrogens (primary N) is 1. The molecule has 0 radical (unpaired) electrons. The minimum Gasteiger partial charge on any atom is -0.479 e. The molecule has 0 amide bonds. The van der Waals surface area contributed by atoms with Crippen molar-refractivity contribution in [3.63, 3.8) is 0 Å². The number of nitrogen functional groups attached to an aromatic ring is 1. The van der Waals surface area contributed by atoms with E-state index >= 15 is 0 Å². The molecule has 9 heteroatoms. The van der Waals surface area contributed by atoms with Crippen LogP contribution in [0.5, 0.6) is 0 Å². The number of aliphatic carboxylic acids is 1. The van der Waals surface area contributed by atoms with Gasteiger partial charge >= 0.3 is 5.97 Å². The zero-order valence-electron chi connectivity index (χ0n) is 18.6. The van der Waals surface area contributed by atoms with E-state index < -0.39 is 11.6 Å². The monoisotopic (exact) mass is 521 g/mol. The summed E-state index contributed by atoms with van der Waals surface area (Å²) >= 11 is 3.60. The van der Waals surface area contributed by atoms with Crippen LogP contribution in [-0.2, 0) is 9.53 Å². The average molecular weight is 522 g/mol. The maximum Gasteiger partial charge on any atom is 0.335 e. The molecule has 8 nitrogen and oxygen atoms in total. The standard InChI is InChI=1S/C25H24BrN5O3/c1-34-25(24(32)33)11-9-16(10-12-25)21-20(26)22(27)31-23(30-21)18(14-29-31)17-7-8-19(28-13-17)15-5-3-2-4-6-15/h2-8,13-14,16H,9-12,27H2,1H3,(H,32,33). The lowest BCUT2D eigenvalue weighted by Crippen LogP contribution is -2.43. The summed E-state index contributed by atoms with van der Waals surface area (Å²) in [4.78, 5) is 21.3. The summed E-state index contributed by atoms with van der Waals surface area (Å²) < 4.78 is 7.69. The first-order valence-corrected chi connectivity index (χ1v) is 11.9. The Hall–Kier alpha value is -3.30. The van der Waals surface area contributed by atoms with E-state index in [1.807, 2.05) is 48.7 Å². The van der Waals surface area contributed by atoms with Gasteiger partial charge in [-0.05, 0) is 47.7 Å². The number of fused-ring (bicyclic) bond motifs is 1. The molecule has 3 aromatic heterocycles. The predicted octanol–water partition coefficient (Wildman–Crippen LogP) is 4.93. The van der Waals surface area contributed by atoms with Crippen molar-refractivity contribution >= 4 is 33.4 Å². The largest absolute Gasteiger partial charge is 0.479 e. The molecule has 0 saturated heterocycles. The number of nitrogens with zero attached hydrogens (tertiary/aromatic N) is 4. The first-order valence-electron chi connectivity index (χ1n) is 11.1. The fraction of sp³-hybridized carbons (Fsp3) is 0.280. The van der Waals surface area contributed by atoms with Crippen LogP contribution in [0.4, 0.5) is 5.82 Å². The molecule has 3 N–H and O–H groups in total. The third-order valence-corrected chi connectivity index (χ3v) is 7.57. The maximum absolute atomic E-state index is 11.7. The Labute approximate surface area is 204 Å². The molecule has 0 bridgehead atoms. The first-order chi connectivity index (χ1) is 16.4. The van der Waals surface area contributed by atoms with E-state index in [9.17, 15) is 9.90 Å². The summed E-state index contributed by atoms with van der Waals surface area (Å²) in [6, 6.07) is 14.0. The Morgan fingerprint density at radius 2 is 1.88 bits per heavy atom. The summed E-state index contributed by atoms with van der Waals surface area (Å²) in [7, 11) is 1.46. The molecular formula is C25H24BrN5O3. The van der Waals surface area contributed by atoms with Gasteiger partial charge in [-0.3, -0.25) is 4.98 Å². The van der Waals surface area contributed by atoms with E-state index in [1.165, 1.54) is 7.11 Å². The minimum atomic E-state index is -1.13. The smallest absolute Gasteiger partial charge is 0.335 e. The molecule has 1 fully saturated rings. The lowest BCUT2D eigenvalue weighted by atomic mass is 9.77. The number of anilines is 1. The summed E-state index contributed by atoms with van der Waals surface area (Å²) in [5.74, 6) is -0.396. The van der Waals surface area contributed by atoms with Crippen LogP contribution in [-0.4, -0.2) is 43.4 Å². The zero-order valence-corrected chi connectivity index (χ0v) is 20.2. The number of pyridine rings is 1. The summed E-state index contributed by atoms with van der Waals surface area (Å²) in [6.45, 7) is 0. The van der Waals surface area contributed by atoms with Crippen LogP contribution < -0.4 is 5.73 Å². The fourth-order valence-electron chi connectivity index (χ4n) is 4.68. The van der Waals surface area contributed by atoms with E-state index in [1.54, 1.807) is 10.7 Å². The number of benzene rings is 1. The highest BCUT2D eigenvalue weighted by molar-refractivity contribution is 9.10. The quantitative estimate of drug-likeness (QED) is 0.382. The molecule has 0 atom stereocenters. The molecular weight excluding hydrogens is 498 g/mol. The predicted molar refractivity (Wildman–Crippen MR) is 132 cm³/mol. The van der Waals surface area contributed by atoms with E-state index in [-0.39, 0.29) is 5.92 Å². The van der Waals surface area contributed by atoms with Gasteiger partial charge < -0.3 is 15.6 Å². The number of hydrogen-bond donors (Lipinski definition) is 2. The topological polar surface area (TPSA) is 116 Å². The Kier molecular flexibility index (Phi) is 5.83. The molecule has 0 aliphatic heterocycles. The number of ether oxygens (including phenoxy) is 1. The second-order valence-corrected chi connectivity index (χ2v) is 9.36. The normalized spacial score (nSPS) is 20.5. The SMILES string of the molecule is COC1(C(=O)O)CCC(c2nc3c(-c4ccc(-c5ccccc5)nc4)cnn3c(N)c2Br)CC1. The molecule has 1 aromatic carbocycles.